The van der Waals surface area contributed by atoms with E-state index in [9.17, 15) is 4.79 Å². The van der Waals surface area contributed by atoms with Crippen molar-refractivity contribution in [3.63, 3.8) is 0 Å². The molecule has 0 unspecified atom stereocenters. The first kappa shape index (κ1) is 11.8. The molecule has 0 heterocycles. The fraction of sp³-hybridized carbons (Fsp3) is 0.250. The van der Waals surface area contributed by atoms with Gasteiger partial charge < -0.3 is 4.74 Å². The maximum absolute atomic E-state index is 10.9. The van der Waals surface area contributed by atoms with Crippen molar-refractivity contribution in [2.24, 2.45) is 0 Å². The van der Waals surface area contributed by atoms with Crippen LogP contribution in [-0.4, -0.2) is 12.6 Å². The van der Waals surface area contributed by atoms with Crippen molar-refractivity contribution in [3.8, 4) is 11.8 Å². The molecule has 0 aliphatic carbocycles. The number of carbonyl (C=O) groups excluding carboxylic acids is 1. The lowest BCUT2D eigenvalue weighted by Gasteiger charge is -1.94. The Morgan fingerprint density at radius 2 is 2.07 bits per heavy atom. The smallest absolute Gasteiger partial charge is 0.384 e. The summed E-state index contributed by atoms with van der Waals surface area (Å²) in [4.78, 5) is 10.9. The summed E-state index contributed by atoms with van der Waals surface area (Å²) in [5.74, 6) is 4.67. The van der Waals surface area contributed by atoms with Crippen LogP contribution in [0.3, 0.4) is 0 Å². The van der Waals surface area contributed by atoms with E-state index in [0.29, 0.717) is 6.61 Å². The van der Waals surface area contributed by atoms with E-state index in [-0.39, 0.29) is 0 Å². The first-order valence-corrected chi connectivity index (χ1v) is 5.72. The number of halogens is 1. The number of rotatable bonds is 2. The molecule has 1 aromatic carbocycles. The molecule has 0 aromatic heterocycles. The van der Waals surface area contributed by atoms with Gasteiger partial charge in [0.25, 0.3) is 0 Å². The molecule has 1 rings (SSSR count). The number of ether oxygens (including phenoxy) is 1. The Morgan fingerprint density at radius 1 is 1.40 bits per heavy atom. The van der Waals surface area contributed by atoms with Crippen molar-refractivity contribution in [2.75, 3.05) is 6.61 Å². The topological polar surface area (TPSA) is 26.3 Å². The van der Waals surface area contributed by atoms with Crippen LogP contribution in [0.4, 0.5) is 0 Å². The average Bonchev–Trinajstić information content (AvgIpc) is 2.27. The molecule has 0 aliphatic heterocycles. The maximum Gasteiger partial charge on any atom is 0.384 e. The molecule has 0 amide bonds. The van der Waals surface area contributed by atoms with Gasteiger partial charge in [0.05, 0.1) is 6.61 Å². The molecule has 2 nitrogen and oxygen atoms in total. The number of esters is 1. The maximum atomic E-state index is 10.9. The van der Waals surface area contributed by atoms with Gasteiger partial charge in [0.15, 0.2) is 0 Å². The Morgan fingerprint density at radius 3 is 2.60 bits per heavy atom. The normalized spacial score (nSPS) is 8.93. The van der Waals surface area contributed by atoms with Gasteiger partial charge in [-0.3, -0.25) is 0 Å². The quantitative estimate of drug-likeness (QED) is 0.467. The fourth-order valence-corrected chi connectivity index (χ4v) is 1.34. The van der Waals surface area contributed by atoms with Gasteiger partial charge in [0.2, 0.25) is 0 Å². The second-order valence-electron chi connectivity index (χ2n) is 2.80. The van der Waals surface area contributed by atoms with Crippen molar-refractivity contribution in [3.05, 3.63) is 35.4 Å². The first-order valence-electron chi connectivity index (χ1n) is 4.60. The van der Waals surface area contributed by atoms with E-state index < -0.39 is 5.97 Å². The molecule has 1 aromatic rings. The highest BCUT2D eigenvalue weighted by atomic mass is 79.9. The second-order valence-corrected chi connectivity index (χ2v) is 3.36. The van der Waals surface area contributed by atoms with Crippen LogP contribution in [0.5, 0.6) is 0 Å². The first-order chi connectivity index (χ1) is 7.26. The van der Waals surface area contributed by atoms with E-state index in [4.69, 9.17) is 0 Å². The van der Waals surface area contributed by atoms with Crippen LogP contribution in [0.1, 0.15) is 18.1 Å². The van der Waals surface area contributed by atoms with Gasteiger partial charge in [-0.05, 0) is 24.6 Å². The lowest BCUT2D eigenvalue weighted by atomic mass is 10.1. The Labute approximate surface area is 97.8 Å². The molecule has 15 heavy (non-hydrogen) atoms. The highest BCUT2D eigenvalue weighted by molar-refractivity contribution is 9.08. The Bertz CT molecular complexity index is 384. The number of hydrogen-bond donors (Lipinski definition) is 0. The molecule has 0 radical (unpaired) electrons. The number of hydrogen-bond acceptors (Lipinski definition) is 2. The minimum Gasteiger partial charge on any atom is -0.456 e. The number of alkyl halides is 1. The van der Waals surface area contributed by atoms with E-state index >= 15 is 0 Å². The van der Waals surface area contributed by atoms with Crippen LogP contribution < -0.4 is 0 Å². The zero-order valence-corrected chi connectivity index (χ0v) is 10.0. The minimum atomic E-state index is -0.484. The molecular weight excluding hydrogens is 256 g/mol. The third-order valence-corrected chi connectivity index (χ3v) is 2.34. The van der Waals surface area contributed by atoms with Crippen molar-refractivity contribution >= 4 is 21.9 Å². The van der Waals surface area contributed by atoms with Crippen LogP contribution in [0.2, 0.25) is 0 Å². The molecule has 0 saturated heterocycles. The van der Waals surface area contributed by atoms with E-state index in [1.807, 2.05) is 24.3 Å². The van der Waals surface area contributed by atoms with Gasteiger partial charge in [-0.15, -0.1) is 0 Å². The summed E-state index contributed by atoms with van der Waals surface area (Å²) >= 11 is 3.35. The zero-order chi connectivity index (χ0) is 11.1. The van der Waals surface area contributed by atoms with Crippen molar-refractivity contribution in [1.29, 1.82) is 0 Å². The van der Waals surface area contributed by atoms with Gasteiger partial charge in [-0.2, -0.15) is 0 Å². The molecule has 78 valence electrons. The van der Waals surface area contributed by atoms with Gasteiger partial charge in [0.1, 0.15) is 0 Å². The predicted molar refractivity (Wildman–Crippen MR) is 62.6 cm³/mol. The van der Waals surface area contributed by atoms with Gasteiger partial charge in [-0.1, -0.05) is 34.0 Å². The summed E-state index contributed by atoms with van der Waals surface area (Å²) in [6, 6.07) is 7.68. The summed E-state index contributed by atoms with van der Waals surface area (Å²) in [5, 5.41) is 0.818. The Hall–Kier alpha value is -1.27. The summed E-state index contributed by atoms with van der Waals surface area (Å²) < 4.78 is 4.69. The molecule has 0 N–H and O–H groups in total. The monoisotopic (exact) mass is 266 g/mol. The summed E-state index contributed by atoms with van der Waals surface area (Å²) in [5.41, 5.74) is 1.99. The molecule has 0 atom stereocenters. The van der Waals surface area contributed by atoms with E-state index in [2.05, 4.69) is 32.5 Å². The second kappa shape index (κ2) is 6.26. The molecule has 0 aliphatic rings. The van der Waals surface area contributed by atoms with Crippen molar-refractivity contribution in [1.82, 2.24) is 0 Å². The van der Waals surface area contributed by atoms with Crippen LogP contribution in [0.15, 0.2) is 24.3 Å². The molecular formula is C12H11BrO2. The zero-order valence-electron chi connectivity index (χ0n) is 8.42. The van der Waals surface area contributed by atoms with Gasteiger partial charge in [0, 0.05) is 16.8 Å². The Kier molecular flexibility index (Phi) is 4.92. The SMILES string of the molecule is CCOC(=O)C#Cc1ccc(CBr)cc1. The van der Waals surface area contributed by atoms with Gasteiger partial charge in [-0.25, -0.2) is 4.79 Å². The van der Waals surface area contributed by atoms with E-state index in [0.717, 1.165) is 10.9 Å². The molecule has 0 fully saturated rings. The number of carbonyl (C=O) groups is 1. The highest BCUT2D eigenvalue weighted by Gasteiger charge is 1.93. The van der Waals surface area contributed by atoms with Crippen LogP contribution in [0.25, 0.3) is 0 Å². The summed E-state index contributed by atoms with van der Waals surface area (Å²) in [6.07, 6.45) is 0. The molecule has 0 saturated carbocycles. The fourth-order valence-electron chi connectivity index (χ4n) is 0.968. The molecule has 0 spiro atoms. The third kappa shape index (κ3) is 4.18. The summed E-state index contributed by atoms with van der Waals surface area (Å²) in [7, 11) is 0. The molecule has 0 bridgehead atoms. The van der Waals surface area contributed by atoms with E-state index in [1.54, 1.807) is 6.92 Å². The van der Waals surface area contributed by atoms with Crippen molar-refractivity contribution in [2.45, 2.75) is 12.3 Å². The molecule has 3 heteroatoms. The van der Waals surface area contributed by atoms with Crippen LogP contribution in [-0.2, 0) is 14.9 Å². The Balaban J connectivity index is 2.68. The van der Waals surface area contributed by atoms with E-state index in [1.165, 1.54) is 5.56 Å². The average molecular weight is 267 g/mol. The van der Waals surface area contributed by atoms with Crippen LogP contribution >= 0.6 is 15.9 Å². The minimum absolute atomic E-state index is 0.357. The standard InChI is InChI=1S/C12H11BrO2/c1-2-15-12(14)8-7-10-3-5-11(9-13)6-4-10/h3-6H,2,9H2,1H3. The predicted octanol–water partition coefficient (Wildman–Crippen LogP) is 2.50. The van der Waals surface area contributed by atoms with Crippen molar-refractivity contribution < 1.29 is 9.53 Å². The summed E-state index contributed by atoms with van der Waals surface area (Å²) in [6.45, 7) is 2.11. The highest BCUT2D eigenvalue weighted by Crippen LogP contribution is 2.06. The third-order valence-electron chi connectivity index (χ3n) is 1.69. The number of benzene rings is 1. The van der Waals surface area contributed by atoms with Gasteiger partial charge >= 0.3 is 5.97 Å². The lowest BCUT2D eigenvalue weighted by Crippen LogP contribution is -1.99. The van der Waals surface area contributed by atoms with Crippen LogP contribution in [0, 0.1) is 11.8 Å². The lowest BCUT2D eigenvalue weighted by molar-refractivity contribution is -0.136. The largest absolute Gasteiger partial charge is 0.456 e.